The van der Waals surface area contributed by atoms with Crippen LogP contribution in [0.1, 0.15) is 41.5 Å². The number of nitrogens with one attached hydrogen (secondary N) is 3. The summed E-state index contributed by atoms with van der Waals surface area (Å²) in [6, 6.07) is 0. The van der Waals surface area contributed by atoms with Crippen molar-refractivity contribution in [3.8, 4) is 0 Å². The second-order valence-corrected chi connectivity index (χ2v) is 10.3. The van der Waals surface area contributed by atoms with E-state index in [1.807, 2.05) is 4.90 Å². The van der Waals surface area contributed by atoms with Crippen molar-refractivity contribution in [1.29, 1.82) is 0 Å². The van der Waals surface area contributed by atoms with Crippen LogP contribution < -0.4 is 16.0 Å². The number of azide groups is 1. The number of ether oxygens (including phenoxy) is 5. The Bertz CT molecular complexity index is 716. The van der Waals surface area contributed by atoms with Gasteiger partial charge in [0.25, 0.3) is 0 Å². The predicted molar refractivity (Wildman–Crippen MR) is 144 cm³/mol. The third-order valence-corrected chi connectivity index (χ3v) is 4.32. The molecule has 0 bridgehead atoms. The molecule has 0 atom stereocenters. The lowest BCUT2D eigenvalue weighted by molar-refractivity contribution is -0.126. The van der Waals surface area contributed by atoms with Gasteiger partial charge in [-0.15, -0.1) is 0 Å². The molecule has 0 heterocycles. The average Bonchev–Trinajstić information content (AvgIpc) is 2.80. The molecule has 0 aliphatic heterocycles. The van der Waals surface area contributed by atoms with Crippen LogP contribution in [0.15, 0.2) is 5.11 Å². The smallest absolute Gasteiger partial charge is 0.407 e. The van der Waals surface area contributed by atoms with Crippen LogP contribution in [0.3, 0.4) is 0 Å². The molecule has 0 fully saturated rings. The van der Waals surface area contributed by atoms with E-state index in [2.05, 4.69) is 26.0 Å². The number of rotatable bonds is 20. The van der Waals surface area contributed by atoms with E-state index in [0.29, 0.717) is 65.7 Å². The first-order chi connectivity index (χ1) is 18.3. The van der Waals surface area contributed by atoms with E-state index in [1.54, 1.807) is 41.5 Å². The molecule has 0 aromatic carbocycles. The molecule has 0 saturated heterocycles. The zero-order valence-corrected chi connectivity index (χ0v) is 24.2. The van der Waals surface area contributed by atoms with Crippen LogP contribution in [0, 0.1) is 0 Å². The van der Waals surface area contributed by atoms with E-state index in [4.69, 9.17) is 29.2 Å². The van der Waals surface area contributed by atoms with E-state index in [0.717, 1.165) is 0 Å². The number of amides is 3. The first-order valence-corrected chi connectivity index (χ1v) is 13.0. The summed E-state index contributed by atoms with van der Waals surface area (Å²) in [4.78, 5) is 40.5. The highest BCUT2D eigenvalue weighted by atomic mass is 16.6. The molecule has 0 rings (SSSR count). The highest BCUT2D eigenvalue weighted by molar-refractivity contribution is 5.77. The molecule has 0 spiro atoms. The molecule has 3 amide bonds. The minimum absolute atomic E-state index is 0.105. The third-order valence-electron chi connectivity index (χ3n) is 4.32. The zero-order valence-electron chi connectivity index (χ0n) is 24.2. The summed E-state index contributed by atoms with van der Waals surface area (Å²) in [5.41, 5.74) is 6.97. The summed E-state index contributed by atoms with van der Waals surface area (Å²) < 4.78 is 26.3. The lowest BCUT2D eigenvalue weighted by atomic mass is 10.2. The Labute approximate surface area is 231 Å². The number of alkyl carbamates (subject to hydrolysis) is 2. The maximum absolute atomic E-state index is 12.1. The highest BCUT2D eigenvalue weighted by Gasteiger charge is 2.17. The normalized spacial score (nSPS) is 11.5. The molecule has 0 aromatic heterocycles. The molecule has 39 heavy (non-hydrogen) atoms. The molecule has 0 radical (unpaired) electrons. The van der Waals surface area contributed by atoms with Crippen molar-refractivity contribution < 1.29 is 38.1 Å². The van der Waals surface area contributed by atoms with Crippen molar-refractivity contribution in [2.24, 2.45) is 5.11 Å². The molecule has 226 valence electrons. The van der Waals surface area contributed by atoms with Crippen LogP contribution >= 0.6 is 0 Å². The van der Waals surface area contributed by atoms with Crippen LogP contribution in [-0.2, 0) is 28.5 Å². The Morgan fingerprint density at radius 1 is 0.718 bits per heavy atom. The second kappa shape index (κ2) is 21.0. The van der Waals surface area contributed by atoms with Gasteiger partial charge < -0.3 is 39.6 Å². The van der Waals surface area contributed by atoms with Crippen LogP contribution in [0.4, 0.5) is 9.59 Å². The number of hydrogen-bond donors (Lipinski definition) is 3. The summed E-state index contributed by atoms with van der Waals surface area (Å²) in [6.45, 7) is 15.0. The molecule has 0 saturated carbocycles. The van der Waals surface area contributed by atoms with E-state index < -0.39 is 23.4 Å². The van der Waals surface area contributed by atoms with Gasteiger partial charge in [0.2, 0.25) is 5.91 Å². The van der Waals surface area contributed by atoms with Gasteiger partial charge in [-0.2, -0.15) is 0 Å². The van der Waals surface area contributed by atoms with Crippen molar-refractivity contribution in [2.45, 2.75) is 52.7 Å². The van der Waals surface area contributed by atoms with Gasteiger partial charge in [0, 0.05) is 50.7 Å². The fourth-order valence-electron chi connectivity index (χ4n) is 2.76. The van der Waals surface area contributed by atoms with Crippen molar-refractivity contribution in [2.75, 3.05) is 85.5 Å². The summed E-state index contributed by atoms with van der Waals surface area (Å²) in [7, 11) is 0. The standard InChI is InChI=1S/C24H47N7O8/c1-23(2,3)38-21(33)27-8-12-31(13-9-28-22(34)39-24(4,5)6)11-7-26-20(32)19-37-18-17-36-16-15-35-14-10-29-30-25/h7-19H2,1-6H3,(H,26,32)(H,27,33)(H,28,34). The summed E-state index contributed by atoms with van der Waals surface area (Å²) in [5, 5.41) is 11.5. The highest BCUT2D eigenvalue weighted by Crippen LogP contribution is 2.07. The fraction of sp³-hybridized carbons (Fsp3) is 0.875. The Balaban J connectivity index is 4.25. The fourth-order valence-corrected chi connectivity index (χ4v) is 2.76. The van der Waals surface area contributed by atoms with Gasteiger partial charge in [-0.1, -0.05) is 5.11 Å². The van der Waals surface area contributed by atoms with Gasteiger partial charge in [0.05, 0.1) is 33.0 Å². The lowest BCUT2D eigenvalue weighted by Gasteiger charge is -2.24. The number of hydrogen-bond acceptors (Lipinski definition) is 10. The van der Waals surface area contributed by atoms with Crippen LogP contribution in [0.5, 0.6) is 0 Å². The number of carbonyl (C=O) groups excluding carboxylic acids is 3. The quantitative estimate of drug-likeness (QED) is 0.0862. The molecule has 15 nitrogen and oxygen atoms in total. The minimum Gasteiger partial charge on any atom is -0.444 e. The molecule has 0 aromatic rings. The molecular formula is C24H47N7O8. The van der Waals surface area contributed by atoms with Gasteiger partial charge in [-0.25, -0.2) is 9.59 Å². The first kappa shape index (κ1) is 36.2. The maximum atomic E-state index is 12.1. The summed E-state index contributed by atoms with van der Waals surface area (Å²) >= 11 is 0. The van der Waals surface area contributed by atoms with E-state index in [9.17, 15) is 14.4 Å². The predicted octanol–water partition coefficient (Wildman–Crippen LogP) is 1.81. The molecule has 3 N–H and O–H groups in total. The molecule has 15 heteroatoms. The number of nitrogens with zero attached hydrogens (tertiary/aromatic N) is 4. The van der Waals surface area contributed by atoms with E-state index in [-0.39, 0.29) is 25.7 Å². The Morgan fingerprint density at radius 2 is 1.15 bits per heavy atom. The van der Waals surface area contributed by atoms with Crippen molar-refractivity contribution in [3.63, 3.8) is 0 Å². The zero-order chi connectivity index (χ0) is 29.6. The van der Waals surface area contributed by atoms with Crippen molar-refractivity contribution in [1.82, 2.24) is 20.9 Å². The van der Waals surface area contributed by atoms with Gasteiger partial charge in [-0.05, 0) is 47.1 Å². The van der Waals surface area contributed by atoms with E-state index >= 15 is 0 Å². The topological polar surface area (TPSA) is 185 Å². The molecule has 0 aliphatic rings. The maximum Gasteiger partial charge on any atom is 0.407 e. The third kappa shape index (κ3) is 26.5. The van der Waals surface area contributed by atoms with Gasteiger partial charge >= 0.3 is 12.2 Å². The van der Waals surface area contributed by atoms with E-state index in [1.165, 1.54) is 0 Å². The summed E-state index contributed by atoms with van der Waals surface area (Å²) in [5.74, 6) is -0.268. The molecule has 0 unspecified atom stereocenters. The number of carbonyl (C=O) groups is 3. The van der Waals surface area contributed by atoms with Crippen molar-refractivity contribution in [3.05, 3.63) is 10.4 Å². The van der Waals surface area contributed by atoms with Gasteiger partial charge in [0.1, 0.15) is 17.8 Å². The SMILES string of the molecule is CC(C)(C)OC(=O)NCCN(CCNC(=O)COCCOCCOCCN=[N+]=[N-])CCNC(=O)OC(C)(C)C. The van der Waals surface area contributed by atoms with Crippen LogP contribution in [0.25, 0.3) is 10.4 Å². The Morgan fingerprint density at radius 3 is 1.62 bits per heavy atom. The van der Waals surface area contributed by atoms with Crippen LogP contribution in [0.2, 0.25) is 0 Å². The van der Waals surface area contributed by atoms with Crippen LogP contribution in [-0.4, -0.2) is 120 Å². The van der Waals surface area contributed by atoms with Crippen molar-refractivity contribution >= 4 is 18.1 Å². The minimum atomic E-state index is -0.594. The second-order valence-electron chi connectivity index (χ2n) is 10.3. The lowest BCUT2D eigenvalue weighted by Crippen LogP contribution is -2.44. The first-order valence-electron chi connectivity index (χ1n) is 13.0. The Kier molecular flexibility index (Phi) is 19.5. The monoisotopic (exact) mass is 561 g/mol. The summed E-state index contributed by atoms with van der Waals surface area (Å²) in [6.07, 6.45) is -1.02. The largest absolute Gasteiger partial charge is 0.444 e. The Hall–Kier alpha value is -2.84. The van der Waals surface area contributed by atoms with Gasteiger partial charge in [0.15, 0.2) is 0 Å². The molecular weight excluding hydrogens is 514 g/mol. The molecule has 0 aliphatic carbocycles. The average molecular weight is 562 g/mol. The van der Waals surface area contributed by atoms with Gasteiger partial charge in [-0.3, -0.25) is 9.69 Å².